The summed E-state index contributed by atoms with van der Waals surface area (Å²) >= 11 is 0. The van der Waals surface area contributed by atoms with Gasteiger partial charge in [0.1, 0.15) is 0 Å². The van der Waals surface area contributed by atoms with Crippen molar-refractivity contribution in [2.75, 3.05) is 7.05 Å². The van der Waals surface area contributed by atoms with E-state index in [1.807, 2.05) is 0 Å². The van der Waals surface area contributed by atoms with E-state index in [1.165, 1.54) is 25.7 Å². The highest BCUT2D eigenvalue weighted by atomic mass is 16.5. The Bertz CT molecular complexity index is 152. The van der Waals surface area contributed by atoms with Crippen LogP contribution in [-0.2, 0) is 4.74 Å². The van der Waals surface area contributed by atoms with Gasteiger partial charge in [0.15, 0.2) is 0 Å². The van der Waals surface area contributed by atoms with Crippen molar-refractivity contribution in [1.82, 2.24) is 4.90 Å². The van der Waals surface area contributed by atoms with E-state index >= 15 is 0 Å². The molecule has 0 spiro atoms. The van der Waals surface area contributed by atoms with Crippen LogP contribution in [0.1, 0.15) is 25.7 Å². The zero-order valence-electron chi connectivity index (χ0n) is 6.99. The van der Waals surface area contributed by atoms with Crippen LogP contribution in [0.3, 0.4) is 0 Å². The third-order valence-electron chi connectivity index (χ3n) is 3.68. The average molecular weight is 153 g/mol. The van der Waals surface area contributed by atoms with Gasteiger partial charge in [-0.25, -0.2) is 0 Å². The van der Waals surface area contributed by atoms with Crippen LogP contribution in [0.15, 0.2) is 0 Å². The largest absolute Gasteiger partial charge is 0.375 e. The van der Waals surface area contributed by atoms with Crippen molar-refractivity contribution in [3.8, 4) is 0 Å². The van der Waals surface area contributed by atoms with Crippen molar-refractivity contribution in [2.45, 2.75) is 50.0 Å². The van der Waals surface area contributed by atoms with Gasteiger partial charge >= 0.3 is 0 Å². The molecule has 0 aliphatic carbocycles. The zero-order chi connectivity index (χ0) is 7.42. The van der Waals surface area contributed by atoms with E-state index in [0.29, 0.717) is 12.2 Å². The van der Waals surface area contributed by atoms with Crippen LogP contribution in [0.5, 0.6) is 0 Å². The van der Waals surface area contributed by atoms with Crippen molar-refractivity contribution in [1.29, 1.82) is 0 Å². The number of rotatable bonds is 0. The number of hydrogen-bond acceptors (Lipinski definition) is 2. The molecule has 0 radical (unpaired) electrons. The number of hydrogen-bond donors (Lipinski definition) is 0. The van der Waals surface area contributed by atoms with Crippen LogP contribution in [0.25, 0.3) is 0 Å². The first-order valence-corrected chi connectivity index (χ1v) is 4.70. The third kappa shape index (κ3) is 0.798. The van der Waals surface area contributed by atoms with Gasteiger partial charge in [-0.3, -0.25) is 0 Å². The number of piperidine rings is 2. The molecule has 2 nitrogen and oxygen atoms in total. The lowest BCUT2D eigenvalue weighted by Gasteiger charge is -2.55. The monoisotopic (exact) mass is 153 g/mol. The van der Waals surface area contributed by atoms with E-state index in [9.17, 15) is 0 Å². The highest BCUT2D eigenvalue weighted by Gasteiger charge is 2.45. The highest BCUT2D eigenvalue weighted by Crippen LogP contribution is 2.41. The minimum Gasteiger partial charge on any atom is -0.375 e. The van der Waals surface area contributed by atoms with E-state index in [-0.39, 0.29) is 0 Å². The predicted octanol–water partition coefficient (Wildman–Crippen LogP) is 1.01. The second kappa shape index (κ2) is 1.99. The van der Waals surface area contributed by atoms with Crippen LogP contribution in [-0.4, -0.2) is 36.2 Å². The van der Waals surface area contributed by atoms with Gasteiger partial charge in [-0.2, -0.15) is 0 Å². The summed E-state index contributed by atoms with van der Waals surface area (Å²) in [4.78, 5) is 2.58. The second-order valence-electron chi connectivity index (χ2n) is 4.30. The van der Waals surface area contributed by atoms with Gasteiger partial charge in [-0.15, -0.1) is 0 Å². The molecule has 0 aromatic heterocycles. The number of nitrogens with zero attached hydrogens (tertiary/aromatic N) is 1. The summed E-state index contributed by atoms with van der Waals surface area (Å²) in [6.07, 6.45) is 6.42. The van der Waals surface area contributed by atoms with Gasteiger partial charge in [-0.1, -0.05) is 0 Å². The summed E-state index contributed by atoms with van der Waals surface area (Å²) in [6, 6.07) is 1.71. The fraction of sp³-hybridized carbons (Fsp3) is 1.00. The lowest BCUT2D eigenvalue weighted by Crippen LogP contribution is -2.60. The van der Waals surface area contributed by atoms with E-state index in [1.54, 1.807) is 0 Å². The van der Waals surface area contributed by atoms with E-state index in [2.05, 4.69) is 11.9 Å². The van der Waals surface area contributed by atoms with Crippen molar-refractivity contribution in [3.05, 3.63) is 0 Å². The fourth-order valence-electron chi connectivity index (χ4n) is 3.06. The Labute approximate surface area is 67.5 Å². The smallest absolute Gasteiger partial charge is 0.0608 e. The van der Waals surface area contributed by atoms with Crippen LogP contribution in [0.4, 0.5) is 0 Å². The summed E-state index contributed by atoms with van der Waals surface area (Å²) in [7, 11) is 2.28. The Balaban J connectivity index is 1.91. The lowest BCUT2D eigenvalue weighted by molar-refractivity contribution is -0.175. The van der Waals surface area contributed by atoms with Gasteiger partial charge in [0.25, 0.3) is 0 Å². The molecule has 4 bridgehead atoms. The maximum Gasteiger partial charge on any atom is 0.0608 e. The maximum absolute atomic E-state index is 5.84. The van der Waals surface area contributed by atoms with Gasteiger partial charge in [-0.05, 0) is 32.7 Å². The Morgan fingerprint density at radius 3 is 1.91 bits per heavy atom. The first kappa shape index (κ1) is 6.44. The van der Waals surface area contributed by atoms with Crippen LogP contribution >= 0.6 is 0 Å². The molecule has 4 aliphatic heterocycles. The van der Waals surface area contributed by atoms with Crippen molar-refractivity contribution >= 4 is 0 Å². The molecular weight excluding hydrogens is 138 g/mol. The zero-order valence-corrected chi connectivity index (χ0v) is 6.99. The summed E-state index contributed by atoms with van der Waals surface area (Å²) in [5.41, 5.74) is 0. The standard InChI is InChI=1S/C9H15NO/c1-10-6-2-8-4-7(10)5-9(3-6)11-8/h6-9H,2-5H2,1H3. The average Bonchev–Trinajstić information content (AvgIpc) is 1.98. The predicted molar refractivity (Wildman–Crippen MR) is 42.5 cm³/mol. The minimum absolute atomic E-state index is 0.619. The molecule has 4 heterocycles. The minimum atomic E-state index is 0.619. The topological polar surface area (TPSA) is 12.5 Å². The van der Waals surface area contributed by atoms with Crippen molar-refractivity contribution < 1.29 is 4.74 Å². The molecular formula is C9H15NO. The molecule has 4 saturated heterocycles. The third-order valence-corrected chi connectivity index (χ3v) is 3.68. The Morgan fingerprint density at radius 2 is 1.45 bits per heavy atom. The van der Waals surface area contributed by atoms with Gasteiger partial charge < -0.3 is 9.64 Å². The van der Waals surface area contributed by atoms with E-state index in [4.69, 9.17) is 4.74 Å². The van der Waals surface area contributed by atoms with Crippen molar-refractivity contribution in [2.24, 2.45) is 0 Å². The molecule has 0 saturated carbocycles. The summed E-state index contributed by atoms with van der Waals surface area (Å²) in [5.74, 6) is 0. The summed E-state index contributed by atoms with van der Waals surface area (Å²) in [5, 5.41) is 0. The Morgan fingerprint density at radius 1 is 1.00 bits per heavy atom. The molecule has 11 heavy (non-hydrogen) atoms. The van der Waals surface area contributed by atoms with Crippen molar-refractivity contribution in [3.63, 3.8) is 0 Å². The van der Waals surface area contributed by atoms with Crippen LogP contribution in [0.2, 0.25) is 0 Å². The summed E-state index contributed by atoms with van der Waals surface area (Å²) < 4.78 is 5.84. The Kier molecular flexibility index (Phi) is 1.16. The molecule has 4 rings (SSSR count). The van der Waals surface area contributed by atoms with E-state index in [0.717, 1.165) is 12.1 Å². The SMILES string of the molecule is CN1C2CC3CC1CC(C2)O3. The molecule has 0 aromatic rings. The van der Waals surface area contributed by atoms with Crippen LogP contribution < -0.4 is 0 Å². The molecule has 0 aromatic carbocycles. The summed E-state index contributed by atoms with van der Waals surface area (Å²) in [6.45, 7) is 0. The molecule has 0 N–H and O–H groups in total. The van der Waals surface area contributed by atoms with Gasteiger partial charge in [0, 0.05) is 12.1 Å². The quantitative estimate of drug-likeness (QED) is 0.515. The molecule has 62 valence electrons. The molecule has 4 fully saturated rings. The first-order valence-electron chi connectivity index (χ1n) is 4.70. The normalized spacial score (nSPS) is 55.4. The maximum atomic E-state index is 5.84. The molecule has 0 unspecified atom stereocenters. The molecule has 2 heteroatoms. The van der Waals surface area contributed by atoms with E-state index < -0.39 is 0 Å². The fourth-order valence-corrected chi connectivity index (χ4v) is 3.06. The first-order chi connectivity index (χ1) is 5.33. The molecule has 4 aliphatic rings. The second-order valence-corrected chi connectivity index (χ2v) is 4.30. The highest BCUT2D eigenvalue weighted by molar-refractivity contribution is 4.99. The van der Waals surface area contributed by atoms with Crippen LogP contribution in [0, 0.1) is 0 Å². The molecule has 0 amide bonds. The van der Waals surface area contributed by atoms with Gasteiger partial charge in [0.2, 0.25) is 0 Å². The lowest BCUT2D eigenvalue weighted by atomic mass is 9.78. The number of ether oxygens (including phenoxy) is 1. The Hall–Kier alpha value is -0.0800. The van der Waals surface area contributed by atoms with Gasteiger partial charge in [0.05, 0.1) is 12.2 Å². The molecule has 0 atom stereocenters.